The van der Waals surface area contributed by atoms with E-state index in [1.807, 2.05) is 30.3 Å². The van der Waals surface area contributed by atoms with Crippen LogP contribution >= 0.6 is 0 Å². The molecule has 4 rings (SSSR count). The standard InChI is InChI=1S/C28H27N3O7/c1-35-22-13-19(14-23(36-2)25(22)37-3)28(34)38-21-12-8-7-11-18(21)15-30-31-27(33)24-20(16-29-26(24)32)17-9-5-4-6-10-17/h4-15,20,24H,16H2,1-3H3,(H,29,32)(H,31,33)/b30-15+/t20-,24-/m1/s1. The van der Waals surface area contributed by atoms with Gasteiger partial charge in [0.2, 0.25) is 11.7 Å². The lowest BCUT2D eigenvalue weighted by Gasteiger charge is -2.15. The number of benzene rings is 3. The number of amides is 2. The van der Waals surface area contributed by atoms with Gasteiger partial charge in [-0.25, -0.2) is 10.2 Å². The topological polar surface area (TPSA) is 125 Å². The normalized spacial score (nSPS) is 16.6. The van der Waals surface area contributed by atoms with Crippen LogP contribution in [0.4, 0.5) is 0 Å². The van der Waals surface area contributed by atoms with Gasteiger partial charge in [-0.15, -0.1) is 0 Å². The van der Waals surface area contributed by atoms with Gasteiger partial charge in [-0.05, 0) is 29.8 Å². The summed E-state index contributed by atoms with van der Waals surface area (Å²) in [4.78, 5) is 38.1. The van der Waals surface area contributed by atoms with Crippen molar-refractivity contribution in [2.45, 2.75) is 5.92 Å². The lowest BCUT2D eigenvalue weighted by Crippen LogP contribution is -2.34. The van der Waals surface area contributed by atoms with Crippen LogP contribution < -0.4 is 29.7 Å². The molecule has 3 aromatic rings. The first kappa shape index (κ1) is 26.2. The number of carbonyl (C=O) groups excluding carboxylic acids is 3. The molecule has 3 aromatic carbocycles. The number of para-hydroxylation sites is 1. The first-order valence-electron chi connectivity index (χ1n) is 11.7. The molecular formula is C28H27N3O7. The second-order valence-electron chi connectivity index (χ2n) is 8.32. The summed E-state index contributed by atoms with van der Waals surface area (Å²) in [5, 5.41) is 6.76. The Morgan fingerprint density at radius 2 is 1.58 bits per heavy atom. The molecule has 10 heteroatoms. The maximum Gasteiger partial charge on any atom is 0.343 e. The zero-order valence-corrected chi connectivity index (χ0v) is 21.1. The smallest absolute Gasteiger partial charge is 0.343 e. The predicted octanol–water partition coefficient (Wildman–Crippen LogP) is 2.91. The third-order valence-corrected chi connectivity index (χ3v) is 6.09. The number of hydrogen-bond donors (Lipinski definition) is 2. The summed E-state index contributed by atoms with van der Waals surface area (Å²) in [6, 6.07) is 19.0. The van der Waals surface area contributed by atoms with Crippen LogP contribution in [0.1, 0.15) is 27.4 Å². The Labute approximate surface area is 219 Å². The Morgan fingerprint density at radius 1 is 0.921 bits per heavy atom. The number of nitrogens with zero attached hydrogens (tertiary/aromatic N) is 1. The predicted molar refractivity (Wildman–Crippen MR) is 139 cm³/mol. The highest BCUT2D eigenvalue weighted by Gasteiger charge is 2.40. The van der Waals surface area contributed by atoms with Gasteiger partial charge >= 0.3 is 5.97 Å². The SMILES string of the molecule is COc1cc(C(=O)Oc2ccccc2/C=N/NC(=O)[C@H]2C(=O)NC[C@@H]2c2ccccc2)cc(OC)c1OC. The Bertz CT molecular complexity index is 1330. The van der Waals surface area contributed by atoms with E-state index in [4.69, 9.17) is 18.9 Å². The Balaban J connectivity index is 1.48. The maximum atomic E-state index is 12.9. The Hall–Kier alpha value is -4.86. The zero-order valence-electron chi connectivity index (χ0n) is 21.1. The van der Waals surface area contributed by atoms with E-state index in [0.717, 1.165) is 5.56 Å². The number of carbonyl (C=O) groups is 3. The Morgan fingerprint density at radius 3 is 2.24 bits per heavy atom. The summed E-state index contributed by atoms with van der Waals surface area (Å²) in [5.74, 6) is -1.59. The number of ether oxygens (including phenoxy) is 4. The Kier molecular flexibility index (Phi) is 8.22. The maximum absolute atomic E-state index is 12.9. The van der Waals surface area contributed by atoms with Crippen molar-refractivity contribution in [2.75, 3.05) is 27.9 Å². The van der Waals surface area contributed by atoms with Gasteiger partial charge in [0.15, 0.2) is 11.5 Å². The minimum Gasteiger partial charge on any atom is -0.493 e. The highest BCUT2D eigenvalue weighted by Crippen LogP contribution is 2.38. The van der Waals surface area contributed by atoms with Crippen LogP contribution in [-0.4, -0.2) is 51.9 Å². The quantitative estimate of drug-likeness (QED) is 0.147. The third-order valence-electron chi connectivity index (χ3n) is 6.09. The molecule has 38 heavy (non-hydrogen) atoms. The van der Waals surface area contributed by atoms with Crippen molar-refractivity contribution >= 4 is 24.0 Å². The average molecular weight is 518 g/mol. The van der Waals surface area contributed by atoms with Crippen molar-refractivity contribution in [2.24, 2.45) is 11.0 Å². The largest absolute Gasteiger partial charge is 0.493 e. The number of hydrogen-bond acceptors (Lipinski definition) is 8. The summed E-state index contributed by atoms with van der Waals surface area (Å²) in [5.41, 5.74) is 3.94. The van der Waals surface area contributed by atoms with Crippen molar-refractivity contribution in [3.63, 3.8) is 0 Å². The molecule has 0 aromatic heterocycles. The lowest BCUT2D eigenvalue weighted by atomic mass is 9.88. The van der Waals surface area contributed by atoms with Crippen molar-refractivity contribution in [3.8, 4) is 23.0 Å². The van der Waals surface area contributed by atoms with Gasteiger partial charge in [0.05, 0.1) is 33.1 Å². The van der Waals surface area contributed by atoms with E-state index in [0.29, 0.717) is 29.4 Å². The second kappa shape index (κ2) is 11.9. The molecule has 1 aliphatic rings. The summed E-state index contributed by atoms with van der Waals surface area (Å²) >= 11 is 0. The van der Waals surface area contributed by atoms with Crippen LogP contribution in [0.2, 0.25) is 0 Å². The van der Waals surface area contributed by atoms with Crippen molar-refractivity contribution in [1.82, 2.24) is 10.7 Å². The fourth-order valence-electron chi connectivity index (χ4n) is 4.21. The van der Waals surface area contributed by atoms with E-state index in [1.54, 1.807) is 24.3 Å². The van der Waals surface area contributed by atoms with Crippen LogP contribution in [0.15, 0.2) is 71.8 Å². The molecule has 0 unspecified atom stereocenters. The average Bonchev–Trinajstić information content (AvgIpc) is 3.34. The number of esters is 1. The molecule has 0 radical (unpaired) electrons. The number of methoxy groups -OCH3 is 3. The van der Waals surface area contributed by atoms with Crippen molar-refractivity contribution in [3.05, 3.63) is 83.4 Å². The molecule has 10 nitrogen and oxygen atoms in total. The summed E-state index contributed by atoms with van der Waals surface area (Å²) in [6.07, 6.45) is 1.35. The van der Waals surface area contributed by atoms with Crippen LogP contribution in [0, 0.1) is 5.92 Å². The van der Waals surface area contributed by atoms with Gasteiger partial charge in [0.25, 0.3) is 5.91 Å². The minimum absolute atomic E-state index is 0.179. The molecule has 2 atom stereocenters. The molecule has 1 aliphatic heterocycles. The van der Waals surface area contributed by atoms with Crippen LogP contribution in [0.25, 0.3) is 0 Å². The van der Waals surface area contributed by atoms with Gasteiger partial charge in [0, 0.05) is 18.0 Å². The second-order valence-corrected chi connectivity index (χ2v) is 8.32. The van der Waals surface area contributed by atoms with Crippen LogP contribution in [0.3, 0.4) is 0 Å². The highest BCUT2D eigenvalue weighted by molar-refractivity contribution is 6.03. The van der Waals surface area contributed by atoms with Gasteiger partial charge in [-0.3, -0.25) is 9.59 Å². The molecule has 1 saturated heterocycles. The minimum atomic E-state index is -0.914. The summed E-state index contributed by atoms with van der Waals surface area (Å²) in [7, 11) is 4.36. The molecule has 1 heterocycles. The molecule has 2 amide bonds. The van der Waals surface area contributed by atoms with Crippen LogP contribution in [-0.2, 0) is 9.59 Å². The monoisotopic (exact) mass is 517 g/mol. The molecule has 2 N–H and O–H groups in total. The first-order chi connectivity index (χ1) is 18.5. The van der Waals surface area contributed by atoms with E-state index >= 15 is 0 Å². The zero-order chi connectivity index (χ0) is 27.1. The molecule has 0 saturated carbocycles. The summed E-state index contributed by atoms with van der Waals surface area (Å²) < 4.78 is 21.5. The molecular weight excluding hydrogens is 490 g/mol. The first-order valence-corrected chi connectivity index (χ1v) is 11.7. The van der Waals surface area contributed by atoms with Gasteiger partial charge in [-0.2, -0.15) is 5.10 Å². The van der Waals surface area contributed by atoms with Crippen LogP contribution in [0.5, 0.6) is 23.0 Å². The van der Waals surface area contributed by atoms with E-state index in [2.05, 4.69) is 15.8 Å². The molecule has 0 aliphatic carbocycles. The van der Waals surface area contributed by atoms with E-state index in [9.17, 15) is 14.4 Å². The van der Waals surface area contributed by atoms with E-state index < -0.39 is 17.8 Å². The molecule has 0 bridgehead atoms. The van der Waals surface area contributed by atoms with Gasteiger partial charge in [-0.1, -0.05) is 42.5 Å². The van der Waals surface area contributed by atoms with Crippen molar-refractivity contribution < 1.29 is 33.3 Å². The fraction of sp³-hybridized carbons (Fsp3) is 0.214. The number of hydrazone groups is 1. The summed E-state index contributed by atoms with van der Waals surface area (Å²) in [6.45, 7) is 0.365. The fourth-order valence-corrected chi connectivity index (χ4v) is 4.21. The molecule has 0 spiro atoms. The van der Waals surface area contributed by atoms with Gasteiger partial charge < -0.3 is 24.3 Å². The molecule has 196 valence electrons. The number of nitrogens with one attached hydrogen (secondary N) is 2. The lowest BCUT2D eigenvalue weighted by molar-refractivity contribution is -0.133. The van der Waals surface area contributed by atoms with Crippen molar-refractivity contribution in [1.29, 1.82) is 0 Å². The molecule has 1 fully saturated rings. The highest BCUT2D eigenvalue weighted by atomic mass is 16.5. The van der Waals surface area contributed by atoms with Gasteiger partial charge in [0.1, 0.15) is 11.7 Å². The van der Waals surface area contributed by atoms with E-state index in [-0.39, 0.29) is 23.1 Å². The third kappa shape index (κ3) is 5.59. The number of rotatable bonds is 9. The van der Waals surface area contributed by atoms with E-state index in [1.165, 1.54) is 39.7 Å².